The van der Waals surface area contributed by atoms with E-state index in [2.05, 4.69) is 76.9 Å². The van der Waals surface area contributed by atoms with Crippen LogP contribution < -0.4 is 20.9 Å². The zero-order chi connectivity index (χ0) is 24.1. The largest absolute Gasteiger partial charge is 0.338 e. The van der Waals surface area contributed by atoms with E-state index in [9.17, 15) is 9.59 Å². The lowest BCUT2D eigenvalue weighted by Gasteiger charge is -2.31. The third-order valence-corrected chi connectivity index (χ3v) is 5.49. The van der Waals surface area contributed by atoms with Crippen molar-refractivity contribution in [2.75, 3.05) is 44.7 Å². The van der Waals surface area contributed by atoms with Gasteiger partial charge in [-0.1, -0.05) is 13.8 Å². The zero-order valence-corrected chi connectivity index (χ0v) is 19.5. The minimum absolute atomic E-state index is 0.0387. The maximum absolute atomic E-state index is 13.0. The van der Waals surface area contributed by atoms with Crippen LogP contribution in [-0.4, -0.2) is 91.7 Å². The second-order valence-corrected chi connectivity index (χ2v) is 8.65. The Labute approximate surface area is 196 Å². The summed E-state index contributed by atoms with van der Waals surface area (Å²) < 4.78 is 0. The number of imidazole rings is 1. The molecular formula is C20H30N12O2. The van der Waals surface area contributed by atoms with E-state index in [0.29, 0.717) is 35.4 Å². The van der Waals surface area contributed by atoms with Gasteiger partial charge in [0.1, 0.15) is 11.8 Å². The molecule has 4 rings (SSSR count). The van der Waals surface area contributed by atoms with Gasteiger partial charge in [0.05, 0.1) is 6.20 Å². The summed E-state index contributed by atoms with van der Waals surface area (Å²) in [6.45, 7) is 7.99. The molecule has 0 aromatic carbocycles. The highest BCUT2D eigenvalue weighted by Gasteiger charge is 2.25. The molecule has 3 aromatic rings. The van der Waals surface area contributed by atoms with Crippen molar-refractivity contribution in [3.8, 4) is 0 Å². The molecule has 1 aliphatic rings. The first-order valence-corrected chi connectivity index (χ1v) is 11.3. The quantitative estimate of drug-likeness (QED) is 0.284. The Morgan fingerprint density at radius 3 is 2.68 bits per heavy atom. The van der Waals surface area contributed by atoms with Crippen molar-refractivity contribution < 1.29 is 9.59 Å². The summed E-state index contributed by atoms with van der Waals surface area (Å²) in [5.41, 5.74) is 0.999. The van der Waals surface area contributed by atoms with Crippen molar-refractivity contribution in [3.63, 3.8) is 0 Å². The standard InChI is InChI=1S/C20H30N12O2/c1-12(2)4-5-22-20(34)28-16(15-24-13-10-21-11-23-14(13)25-15)26-18(33)17-27-19(30-29-17)32-8-6-31(3)7-9-32/h10-12,16H,4-9H2,1-3H3,(H,26,33)(H2,22,28,34)(H,27,29,30)(H,21,23,24,25). The lowest BCUT2D eigenvalue weighted by atomic mass is 10.1. The van der Waals surface area contributed by atoms with E-state index < -0.39 is 18.1 Å². The molecule has 1 atom stereocenters. The molecule has 0 aliphatic carbocycles. The number of hydrogen-bond donors (Lipinski definition) is 5. The molecule has 182 valence electrons. The molecule has 0 radical (unpaired) electrons. The minimum atomic E-state index is -0.960. The maximum Gasteiger partial charge on any atom is 0.316 e. The molecule has 3 aromatic heterocycles. The summed E-state index contributed by atoms with van der Waals surface area (Å²) in [4.78, 5) is 49.5. The van der Waals surface area contributed by atoms with Crippen molar-refractivity contribution in [1.82, 2.24) is 56.0 Å². The Bertz CT molecular complexity index is 1080. The number of H-pyrrole nitrogens is 2. The molecule has 0 spiro atoms. The van der Waals surface area contributed by atoms with Crippen LogP contribution in [0, 0.1) is 5.92 Å². The van der Waals surface area contributed by atoms with E-state index >= 15 is 0 Å². The number of hydrogen-bond acceptors (Lipinski definition) is 9. The Morgan fingerprint density at radius 2 is 1.94 bits per heavy atom. The summed E-state index contributed by atoms with van der Waals surface area (Å²) in [7, 11) is 2.06. The van der Waals surface area contributed by atoms with Gasteiger partial charge in [0.2, 0.25) is 11.8 Å². The van der Waals surface area contributed by atoms with Gasteiger partial charge in [-0.15, -0.1) is 5.10 Å². The van der Waals surface area contributed by atoms with Gasteiger partial charge in [-0.05, 0) is 19.4 Å². The highest BCUT2D eigenvalue weighted by molar-refractivity contribution is 5.91. The number of carbonyl (C=O) groups is 2. The van der Waals surface area contributed by atoms with Gasteiger partial charge in [-0.25, -0.2) is 19.7 Å². The summed E-state index contributed by atoms with van der Waals surface area (Å²) >= 11 is 0. The molecule has 34 heavy (non-hydrogen) atoms. The number of urea groups is 1. The van der Waals surface area contributed by atoms with Crippen LogP contribution in [0.5, 0.6) is 0 Å². The first-order valence-electron chi connectivity index (χ1n) is 11.3. The van der Waals surface area contributed by atoms with Crippen molar-refractivity contribution in [2.24, 2.45) is 5.92 Å². The first kappa shape index (κ1) is 23.4. The van der Waals surface area contributed by atoms with Gasteiger partial charge < -0.3 is 30.7 Å². The van der Waals surface area contributed by atoms with E-state index in [1.807, 2.05) is 4.90 Å². The molecule has 1 unspecified atom stereocenters. The second kappa shape index (κ2) is 10.4. The highest BCUT2D eigenvalue weighted by Crippen LogP contribution is 2.14. The fraction of sp³-hybridized carbons (Fsp3) is 0.550. The van der Waals surface area contributed by atoms with Crippen LogP contribution >= 0.6 is 0 Å². The van der Waals surface area contributed by atoms with E-state index in [1.54, 1.807) is 6.20 Å². The lowest BCUT2D eigenvalue weighted by Crippen LogP contribution is -2.46. The highest BCUT2D eigenvalue weighted by atomic mass is 16.2. The lowest BCUT2D eigenvalue weighted by molar-refractivity contribution is 0.0919. The predicted octanol–water partition coefficient (Wildman–Crippen LogP) is -0.00330. The van der Waals surface area contributed by atoms with Gasteiger partial charge in [0.15, 0.2) is 17.6 Å². The van der Waals surface area contributed by atoms with Gasteiger partial charge >= 0.3 is 6.03 Å². The molecule has 14 heteroatoms. The molecule has 4 heterocycles. The van der Waals surface area contributed by atoms with Crippen molar-refractivity contribution in [2.45, 2.75) is 26.4 Å². The van der Waals surface area contributed by atoms with Crippen LogP contribution in [0.25, 0.3) is 11.2 Å². The topological polar surface area (TPSA) is 173 Å². The monoisotopic (exact) mass is 470 g/mol. The van der Waals surface area contributed by atoms with Gasteiger partial charge in [-0.2, -0.15) is 4.98 Å². The molecule has 1 saturated heterocycles. The average Bonchev–Trinajstić information content (AvgIpc) is 3.46. The van der Waals surface area contributed by atoms with E-state index in [1.165, 1.54) is 6.33 Å². The fourth-order valence-corrected chi connectivity index (χ4v) is 3.45. The first-order chi connectivity index (χ1) is 16.4. The van der Waals surface area contributed by atoms with E-state index in [4.69, 9.17) is 0 Å². The van der Waals surface area contributed by atoms with Crippen molar-refractivity contribution in [1.29, 1.82) is 0 Å². The average molecular weight is 471 g/mol. The molecule has 0 bridgehead atoms. The third kappa shape index (κ3) is 5.75. The Hall–Kier alpha value is -3.81. The van der Waals surface area contributed by atoms with E-state index in [0.717, 1.165) is 32.6 Å². The third-order valence-electron chi connectivity index (χ3n) is 5.49. The zero-order valence-electron chi connectivity index (χ0n) is 19.5. The Morgan fingerprint density at radius 1 is 1.15 bits per heavy atom. The number of amides is 3. The minimum Gasteiger partial charge on any atom is -0.338 e. The summed E-state index contributed by atoms with van der Waals surface area (Å²) in [6, 6.07) is -0.437. The SMILES string of the molecule is CC(C)CCNC(=O)NC(NC(=O)c1nc(N2CCN(C)CC2)n[nH]1)c1nc2ncncc2[nH]1. The Kier molecular flexibility index (Phi) is 7.15. The maximum atomic E-state index is 13.0. The molecule has 0 saturated carbocycles. The van der Waals surface area contributed by atoms with Crippen LogP contribution in [0.3, 0.4) is 0 Å². The fourth-order valence-electron chi connectivity index (χ4n) is 3.45. The number of piperazine rings is 1. The van der Waals surface area contributed by atoms with Crippen LogP contribution in [-0.2, 0) is 0 Å². The van der Waals surface area contributed by atoms with Crippen LogP contribution in [0.15, 0.2) is 12.5 Å². The number of likely N-dealkylation sites (N-methyl/N-ethyl adjacent to an activating group) is 1. The molecular weight excluding hydrogens is 440 g/mol. The van der Waals surface area contributed by atoms with Crippen molar-refractivity contribution in [3.05, 3.63) is 24.2 Å². The number of nitrogens with one attached hydrogen (secondary N) is 5. The van der Waals surface area contributed by atoms with Gasteiger partial charge in [-0.3, -0.25) is 9.89 Å². The number of anilines is 1. The number of aromatic amines is 2. The predicted molar refractivity (Wildman–Crippen MR) is 124 cm³/mol. The molecule has 1 fully saturated rings. The van der Waals surface area contributed by atoms with Crippen LogP contribution in [0.1, 0.15) is 42.9 Å². The normalized spacial score (nSPS) is 15.5. The molecule has 3 amide bonds. The number of nitrogens with zero attached hydrogens (tertiary/aromatic N) is 7. The van der Waals surface area contributed by atoms with Crippen LogP contribution in [0.2, 0.25) is 0 Å². The summed E-state index contributed by atoms with van der Waals surface area (Å²) in [6.07, 6.45) is 2.82. The second-order valence-electron chi connectivity index (χ2n) is 8.65. The number of aromatic nitrogens is 7. The Balaban J connectivity index is 1.47. The molecule has 1 aliphatic heterocycles. The van der Waals surface area contributed by atoms with Crippen molar-refractivity contribution >= 4 is 29.1 Å². The summed E-state index contributed by atoms with van der Waals surface area (Å²) in [5, 5.41) is 15.2. The van der Waals surface area contributed by atoms with E-state index in [-0.39, 0.29) is 5.82 Å². The van der Waals surface area contributed by atoms with Gasteiger partial charge in [0.25, 0.3) is 5.91 Å². The summed E-state index contributed by atoms with van der Waals surface area (Å²) in [5.74, 6) is 0.726. The molecule has 14 nitrogen and oxygen atoms in total. The number of fused-ring (bicyclic) bond motifs is 1. The van der Waals surface area contributed by atoms with Gasteiger partial charge in [0, 0.05) is 32.7 Å². The van der Waals surface area contributed by atoms with Crippen LogP contribution in [0.4, 0.5) is 10.7 Å². The number of carbonyl (C=O) groups excluding carboxylic acids is 2. The smallest absolute Gasteiger partial charge is 0.316 e. The molecule has 5 N–H and O–H groups in total. The number of rotatable bonds is 8.